The first-order valence-electron chi connectivity index (χ1n) is 16.4. The molecule has 2 aliphatic carbocycles. The summed E-state index contributed by atoms with van der Waals surface area (Å²) in [6.07, 6.45) is 4.01. The molecule has 6 atom stereocenters. The topological polar surface area (TPSA) is 107 Å². The van der Waals surface area contributed by atoms with Gasteiger partial charge in [-0.15, -0.1) is 0 Å². The zero-order valence-corrected chi connectivity index (χ0v) is 27.4. The Bertz CT molecular complexity index is 2120. The number of fused-ring (bicyclic) bond motifs is 4. The molecule has 4 aliphatic rings. The van der Waals surface area contributed by atoms with Crippen LogP contribution in [0.15, 0.2) is 115 Å². The maximum Gasteiger partial charge on any atom is 0.260 e. The highest BCUT2D eigenvalue weighted by Gasteiger charge is 2.70. The van der Waals surface area contributed by atoms with Crippen LogP contribution in [0.3, 0.4) is 0 Å². The van der Waals surface area contributed by atoms with Gasteiger partial charge in [-0.05, 0) is 96.1 Å². The molecule has 4 amide bonds. The Morgan fingerprint density at radius 3 is 2.28 bits per heavy atom. The standard InChI is InChI=1S/C40H31ClFN3O5/c1-2-22-6-16-28(17-7-22)44-36(47)31-19-18-30-32(34(31)38(44)49)21-33-37(48)45(43-27-14-12-26(42)13-15-27)39(50)40(33,24-8-10-25(41)11-9-24)35(30)23-4-3-5-29(46)20-23/h2-18,20,31-35,43,46H,1,19,21H2/t31-,32+,33-,34-,35-,40+/m0/s1. The summed E-state index contributed by atoms with van der Waals surface area (Å²) in [4.78, 5) is 59.4. The fourth-order valence-corrected chi connectivity index (χ4v) is 8.87. The van der Waals surface area contributed by atoms with Gasteiger partial charge in [0.1, 0.15) is 11.6 Å². The summed E-state index contributed by atoms with van der Waals surface area (Å²) in [5, 5.41) is 12.2. The van der Waals surface area contributed by atoms with Gasteiger partial charge < -0.3 is 5.11 Å². The number of amides is 4. The van der Waals surface area contributed by atoms with Crippen molar-refractivity contribution in [3.8, 4) is 5.75 Å². The molecule has 2 N–H and O–H groups in total. The number of benzene rings is 4. The van der Waals surface area contributed by atoms with Crippen LogP contribution < -0.4 is 10.3 Å². The van der Waals surface area contributed by atoms with Crippen molar-refractivity contribution in [3.05, 3.63) is 143 Å². The van der Waals surface area contributed by atoms with Crippen molar-refractivity contribution in [1.29, 1.82) is 0 Å². The molecule has 0 radical (unpaired) electrons. The number of hydrogen-bond donors (Lipinski definition) is 2. The van der Waals surface area contributed by atoms with E-state index in [-0.39, 0.29) is 30.4 Å². The molecule has 2 aliphatic heterocycles. The summed E-state index contributed by atoms with van der Waals surface area (Å²) in [7, 11) is 0. The third-order valence-electron chi connectivity index (χ3n) is 10.8. The first kappa shape index (κ1) is 31.7. The average molecular weight is 688 g/mol. The van der Waals surface area contributed by atoms with E-state index in [4.69, 9.17) is 11.6 Å². The number of phenols is 1. The van der Waals surface area contributed by atoms with Crippen LogP contribution >= 0.6 is 11.6 Å². The van der Waals surface area contributed by atoms with Crippen molar-refractivity contribution in [3.63, 3.8) is 0 Å². The lowest BCUT2D eigenvalue weighted by molar-refractivity contribution is -0.138. The Balaban J connectivity index is 1.30. The van der Waals surface area contributed by atoms with Crippen molar-refractivity contribution in [1.82, 2.24) is 5.01 Å². The van der Waals surface area contributed by atoms with E-state index in [9.17, 15) is 23.9 Å². The summed E-state index contributed by atoms with van der Waals surface area (Å²) in [5.41, 5.74) is 4.93. The van der Waals surface area contributed by atoms with Gasteiger partial charge in [0.15, 0.2) is 0 Å². The molecule has 8 rings (SSSR count). The monoisotopic (exact) mass is 687 g/mol. The van der Waals surface area contributed by atoms with Crippen LogP contribution in [0.4, 0.5) is 15.8 Å². The Morgan fingerprint density at radius 2 is 1.60 bits per heavy atom. The zero-order chi connectivity index (χ0) is 34.9. The van der Waals surface area contributed by atoms with Crippen LogP contribution in [-0.2, 0) is 24.6 Å². The number of aromatic hydroxyl groups is 1. The zero-order valence-electron chi connectivity index (χ0n) is 26.6. The summed E-state index contributed by atoms with van der Waals surface area (Å²) in [6, 6.07) is 25.8. The Labute approximate surface area is 292 Å². The van der Waals surface area contributed by atoms with E-state index in [0.717, 1.165) is 16.1 Å². The quantitative estimate of drug-likeness (QED) is 0.167. The Kier molecular flexibility index (Phi) is 7.49. The van der Waals surface area contributed by atoms with Gasteiger partial charge in [0.25, 0.3) is 11.8 Å². The number of nitrogens with zero attached hydrogens (tertiary/aromatic N) is 2. The number of rotatable bonds is 6. The van der Waals surface area contributed by atoms with Gasteiger partial charge >= 0.3 is 0 Å². The van der Waals surface area contributed by atoms with E-state index in [1.807, 2.05) is 6.08 Å². The van der Waals surface area contributed by atoms with E-state index < -0.39 is 52.6 Å². The van der Waals surface area contributed by atoms with Crippen molar-refractivity contribution in [2.45, 2.75) is 24.2 Å². The second-order valence-electron chi connectivity index (χ2n) is 13.3. The minimum absolute atomic E-state index is 0.0268. The minimum atomic E-state index is -1.52. The van der Waals surface area contributed by atoms with Crippen molar-refractivity contribution in [2.24, 2.45) is 23.7 Å². The summed E-state index contributed by atoms with van der Waals surface area (Å²) >= 11 is 6.33. The molecule has 2 saturated heterocycles. The van der Waals surface area contributed by atoms with E-state index in [0.29, 0.717) is 27.5 Å². The lowest BCUT2D eigenvalue weighted by Gasteiger charge is -2.50. The molecular formula is C40H31ClFN3O5. The Morgan fingerprint density at radius 1 is 0.880 bits per heavy atom. The Hall–Kier alpha value is -5.54. The van der Waals surface area contributed by atoms with Crippen LogP contribution in [0.5, 0.6) is 5.75 Å². The molecule has 0 unspecified atom stereocenters. The average Bonchev–Trinajstić information content (AvgIpc) is 3.50. The first-order chi connectivity index (χ1) is 24.1. The summed E-state index contributed by atoms with van der Waals surface area (Å²) in [6.45, 7) is 3.78. The van der Waals surface area contributed by atoms with Crippen LogP contribution in [0.2, 0.25) is 5.02 Å². The first-order valence-corrected chi connectivity index (χ1v) is 16.8. The number of hydrogen-bond acceptors (Lipinski definition) is 6. The van der Waals surface area contributed by atoms with Gasteiger partial charge in [0, 0.05) is 10.9 Å². The smallest absolute Gasteiger partial charge is 0.260 e. The SMILES string of the molecule is C=Cc1ccc(N2C(=O)[C@H]3[C@H](CC=C4[C@H]3C[C@H]3C(=O)N(Nc5ccc(F)cc5)C(=O)[C@@]3(c3ccc(Cl)cc3)[C@H]4c3cccc(O)c3)C2=O)cc1. The molecule has 2 heterocycles. The fraction of sp³-hybridized carbons (Fsp3) is 0.200. The molecule has 0 bridgehead atoms. The lowest BCUT2D eigenvalue weighted by atomic mass is 9.49. The van der Waals surface area contributed by atoms with Crippen LogP contribution in [0.25, 0.3) is 6.08 Å². The molecule has 1 saturated carbocycles. The number of anilines is 2. The van der Waals surface area contributed by atoms with E-state index in [2.05, 4.69) is 12.0 Å². The number of nitrogens with one attached hydrogen (secondary N) is 1. The number of carbonyl (C=O) groups excluding carboxylic acids is 4. The third-order valence-corrected chi connectivity index (χ3v) is 11.1. The number of phenolic OH excluding ortho intramolecular Hbond substituents is 1. The highest BCUT2D eigenvalue weighted by molar-refractivity contribution is 6.30. The molecule has 4 aromatic rings. The highest BCUT2D eigenvalue weighted by atomic mass is 35.5. The molecule has 50 heavy (non-hydrogen) atoms. The molecule has 4 aromatic carbocycles. The minimum Gasteiger partial charge on any atom is -0.508 e. The molecule has 8 nitrogen and oxygen atoms in total. The van der Waals surface area contributed by atoms with Gasteiger partial charge in [-0.25, -0.2) is 4.39 Å². The molecular weight excluding hydrogens is 657 g/mol. The van der Waals surface area contributed by atoms with Gasteiger partial charge in [-0.1, -0.05) is 72.3 Å². The molecule has 3 fully saturated rings. The maximum absolute atomic E-state index is 15.1. The van der Waals surface area contributed by atoms with E-state index >= 15 is 4.79 Å². The van der Waals surface area contributed by atoms with Gasteiger partial charge in [-0.3, -0.25) is 29.5 Å². The number of hydrazine groups is 1. The lowest BCUT2D eigenvalue weighted by Crippen LogP contribution is -2.53. The van der Waals surface area contributed by atoms with Crippen LogP contribution in [0, 0.1) is 29.5 Å². The predicted molar refractivity (Wildman–Crippen MR) is 186 cm³/mol. The number of allylic oxidation sites excluding steroid dienone is 2. The largest absolute Gasteiger partial charge is 0.508 e. The van der Waals surface area contributed by atoms with Crippen molar-refractivity contribution < 1.29 is 28.7 Å². The third kappa shape index (κ3) is 4.64. The number of carbonyl (C=O) groups is 4. The molecule has 0 aromatic heterocycles. The number of imide groups is 2. The molecule has 250 valence electrons. The van der Waals surface area contributed by atoms with Crippen molar-refractivity contribution in [2.75, 3.05) is 10.3 Å². The van der Waals surface area contributed by atoms with Crippen LogP contribution in [0.1, 0.15) is 35.4 Å². The predicted octanol–water partition coefficient (Wildman–Crippen LogP) is 7.02. The second kappa shape index (κ2) is 11.8. The summed E-state index contributed by atoms with van der Waals surface area (Å²) < 4.78 is 13.8. The normalized spacial score (nSPS) is 27.1. The van der Waals surface area contributed by atoms with Gasteiger partial charge in [-0.2, -0.15) is 5.01 Å². The summed E-state index contributed by atoms with van der Waals surface area (Å²) in [5.74, 6) is -5.99. The second-order valence-corrected chi connectivity index (χ2v) is 13.7. The van der Waals surface area contributed by atoms with E-state index in [1.165, 1.54) is 35.2 Å². The van der Waals surface area contributed by atoms with Gasteiger partial charge in [0.05, 0.1) is 34.5 Å². The molecule has 0 spiro atoms. The highest BCUT2D eigenvalue weighted by Crippen LogP contribution is 2.64. The number of halogens is 2. The maximum atomic E-state index is 15.1. The fourth-order valence-electron chi connectivity index (χ4n) is 8.75. The molecule has 10 heteroatoms. The van der Waals surface area contributed by atoms with Gasteiger partial charge in [0.2, 0.25) is 11.8 Å². The van der Waals surface area contributed by atoms with Crippen molar-refractivity contribution >= 4 is 52.7 Å². The van der Waals surface area contributed by atoms with E-state index in [1.54, 1.807) is 72.8 Å². The van der Waals surface area contributed by atoms with Crippen LogP contribution in [-0.4, -0.2) is 33.7 Å².